The van der Waals surface area contributed by atoms with Crippen LogP contribution in [-0.4, -0.2) is 41.0 Å². The average Bonchev–Trinajstić information content (AvgIpc) is 2.58. The first-order valence-electron chi connectivity index (χ1n) is 6.99. The lowest BCUT2D eigenvalue weighted by atomic mass is 9.89. The number of nitrogens with zero attached hydrogens (tertiary/aromatic N) is 2. The number of imide groups is 2. The Hall–Kier alpha value is -3.33. The third kappa shape index (κ3) is 1.75. The Labute approximate surface area is 134 Å². The van der Waals surface area contributed by atoms with Gasteiger partial charge in [-0.2, -0.15) is 5.10 Å². The summed E-state index contributed by atoms with van der Waals surface area (Å²) < 4.78 is 5.76. The number of benzene rings is 1. The highest BCUT2D eigenvalue weighted by Crippen LogP contribution is 2.40. The van der Waals surface area contributed by atoms with Crippen molar-refractivity contribution in [3.8, 4) is 0 Å². The van der Waals surface area contributed by atoms with E-state index in [-0.39, 0.29) is 5.57 Å². The molecule has 0 radical (unpaired) electrons. The van der Waals surface area contributed by atoms with Crippen molar-refractivity contribution in [1.82, 2.24) is 15.6 Å². The fraction of sp³-hybridized carbons (Fsp3) is 0.133. The predicted molar refractivity (Wildman–Crippen MR) is 78.3 cm³/mol. The topological polar surface area (TPSA) is 117 Å². The number of nitrogens with one attached hydrogen (secondary N) is 2. The van der Waals surface area contributed by atoms with Crippen LogP contribution < -0.4 is 10.6 Å². The summed E-state index contributed by atoms with van der Waals surface area (Å²) in [4.78, 5) is 47.5. The van der Waals surface area contributed by atoms with E-state index in [1.165, 1.54) is 11.2 Å². The van der Waals surface area contributed by atoms with Crippen molar-refractivity contribution in [2.24, 2.45) is 5.10 Å². The molecule has 1 aromatic rings. The van der Waals surface area contributed by atoms with Crippen LogP contribution in [-0.2, 0) is 19.1 Å². The van der Waals surface area contributed by atoms with Gasteiger partial charge in [-0.25, -0.2) is 9.80 Å². The standard InChI is InChI=1S/C15H10N4O5/c20-7-9-6-19-11(10-4-2-1-3-8(10)5-16-19)24-15(9)12(21)17-14(23)18-13(15)22/h1-7,11H,(H2,17,18,21,22,23). The summed E-state index contributed by atoms with van der Waals surface area (Å²) in [6.07, 6.45) is 2.29. The number of carbonyl (C=O) groups is 4. The lowest BCUT2D eigenvalue weighted by molar-refractivity contribution is -0.181. The predicted octanol–water partition coefficient (Wildman–Crippen LogP) is -0.448. The van der Waals surface area contributed by atoms with Crippen molar-refractivity contribution in [3.05, 3.63) is 47.2 Å². The molecular formula is C15H10N4O5. The lowest BCUT2D eigenvalue weighted by Crippen LogP contribution is -2.70. The molecule has 1 unspecified atom stereocenters. The normalized spacial score (nSPS) is 23.8. The van der Waals surface area contributed by atoms with Gasteiger partial charge in [-0.05, 0) is 0 Å². The number of hydrogen-bond acceptors (Lipinski definition) is 7. The first-order chi connectivity index (χ1) is 11.6. The number of carbonyl (C=O) groups excluding carboxylic acids is 4. The van der Waals surface area contributed by atoms with E-state index in [4.69, 9.17) is 4.74 Å². The minimum atomic E-state index is -2.24. The minimum Gasteiger partial charge on any atom is -0.322 e. The summed E-state index contributed by atoms with van der Waals surface area (Å²) >= 11 is 0. The van der Waals surface area contributed by atoms with Gasteiger partial charge in [-0.15, -0.1) is 0 Å². The van der Waals surface area contributed by atoms with Crippen LogP contribution in [0.2, 0.25) is 0 Å². The SMILES string of the molecule is O=CC1=CN2N=Cc3ccccc3C2OC12C(=O)NC(=O)NC2=O. The molecule has 0 aliphatic carbocycles. The summed E-state index contributed by atoms with van der Waals surface area (Å²) in [6.45, 7) is 0. The number of fused-ring (bicyclic) bond motifs is 3. The molecular weight excluding hydrogens is 316 g/mol. The van der Waals surface area contributed by atoms with Gasteiger partial charge in [0.1, 0.15) is 0 Å². The summed E-state index contributed by atoms with van der Waals surface area (Å²) in [5.74, 6) is -2.03. The summed E-state index contributed by atoms with van der Waals surface area (Å²) in [7, 11) is 0. The van der Waals surface area contributed by atoms with E-state index in [1.807, 2.05) is 16.7 Å². The number of rotatable bonds is 1. The molecule has 2 N–H and O–H groups in total. The van der Waals surface area contributed by atoms with Gasteiger partial charge in [-0.3, -0.25) is 25.0 Å². The highest BCUT2D eigenvalue weighted by atomic mass is 16.5. The fourth-order valence-corrected chi connectivity index (χ4v) is 2.87. The molecule has 1 atom stereocenters. The molecule has 1 fully saturated rings. The first-order valence-corrected chi connectivity index (χ1v) is 6.99. The quantitative estimate of drug-likeness (QED) is 0.533. The molecule has 4 rings (SSSR count). The van der Waals surface area contributed by atoms with E-state index in [9.17, 15) is 19.2 Å². The van der Waals surface area contributed by atoms with Crippen LogP contribution in [0.5, 0.6) is 0 Å². The second-order valence-corrected chi connectivity index (χ2v) is 5.34. The number of hydrazone groups is 1. The molecule has 4 amide bonds. The molecule has 1 spiro atoms. The van der Waals surface area contributed by atoms with Gasteiger partial charge < -0.3 is 4.74 Å². The smallest absolute Gasteiger partial charge is 0.322 e. The monoisotopic (exact) mass is 326 g/mol. The molecule has 9 nitrogen and oxygen atoms in total. The third-order valence-corrected chi connectivity index (χ3v) is 4.02. The van der Waals surface area contributed by atoms with Crippen LogP contribution in [0.15, 0.2) is 41.1 Å². The zero-order chi connectivity index (χ0) is 16.9. The molecule has 0 aromatic heterocycles. The van der Waals surface area contributed by atoms with Crippen LogP contribution in [0.25, 0.3) is 0 Å². The van der Waals surface area contributed by atoms with Crippen LogP contribution in [0, 0.1) is 0 Å². The zero-order valence-electron chi connectivity index (χ0n) is 12.1. The second-order valence-electron chi connectivity index (χ2n) is 5.34. The number of amides is 4. The molecule has 0 saturated carbocycles. The second kappa shape index (κ2) is 4.83. The van der Waals surface area contributed by atoms with Gasteiger partial charge in [0, 0.05) is 17.3 Å². The van der Waals surface area contributed by atoms with Gasteiger partial charge >= 0.3 is 6.03 Å². The van der Waals surface area contributed by atoms with Crippen molar-refractivity contribution >= 4 is 30.3 Å². The maximum Gasteiger partial charge on any atom is 0.328 e. The van der Waals surface area contributed by atoms with Crippen molar-refractivity contribution in [3.63, 3.8) is 0 Å². The molecule has 1 aromatic carbocycles. The van der Waals surface area contributed by atoms with E-state index in [0.29, 0.717) is 11.8 Å². The number of urea groups is 1. The van der Waals surface area contributed by atoms with Crippen molar-refractivity contribution in [2.75, 3.05) is 0 Å². The summed E-state index contributed by atoms with van der Waals surface area (Å²) in [5, 5.41) is 9.42. The first kappa shape index (κ1) is 14.3. The van der Waals surface area contributed by atoms with Crippen molar-refractivity contribution in [2.45, 2.75) is 11.8 Å². The fourth-order valence-electron chi connectivity index (χ4n) is 2.87. The number of barbiturate groups is 1. The Balaban J connectivity index is 1.88. The third-order valence-electron chi connectivity index (χ3n) is 4.02. The number of hydrogen-bond donors (Lipinski definition) is 2. The van der Waals surface area contributed by atoms with Gasteiger partial charge in [0.25, 0.3) is 17.4 Å². The average molecular weight is 326 g/mol. The molecule has 3 aliphatic heterocycles. The summed E-state index contributed by atoms with van der Waals surface area (Å²) in [5.41, 5.74) is -1.07. The van der Waals surface area contributed by atoms with Gasteiger partial charge in [0.05, 0.1) is 11.8 Å². The Morgan fingerprint density at radius 1 is 1.17 bits per heavy atom. The lowest BCUT2D eigenvalue weighted by Gasteiger charge is -2.43. The maximum atomic E-state index is 12.4. The molecule has 0 bridgehead atoms. The Kier molecular flexibility index (Phi) is 2.87. The molecule has 120 valence electrons. The van der Waals surface area contributed by atoms with Crippen LogP contribution in [0.3, 0.4) is 0 Å². The Morgan fingerprint density at radius 2 is 1.88 bits per heavy atom. The van der Waals surface area contributed by atoms with Crippen LogP contribution in [0.1, 0.15) is 17.4 Å². The van der Waals surface area contributed by atoms with Crippen molar-refractivity contribution < 1.29 is 23.9 Å². The van der Waals surface area contributed by atoms with E-state index in [1.54, 1.807) is 24.4 Å². The molecule has 3 heterocycles. The number of aldehydes is 1. The van der Waals surface area contributed by atoms with Crippen molar-refractivity contribution in [1.29, 1.82) is 0 Å². The van der Waals surface area contributed by atoms with E-state index >= 15 is 0 Å². The molecule has 24 heavy (non-hydrogen) atoms. The van der Waals surface area contributed by atoms with Crippen LogP contribution >= 0.6 is 0 Å². The van der Waals surface area contributed by atoms with Gasteiger partial charge in [0.15, 0.2) is 12.5 Å². The maximum absolute atomic E-state index is 12.4. The molecule has 3 aliphatic rings. The summed E-state index contributed by atoms with van der Waals surface area (Å²) in [6, 6.07) is 6.18. The minimum absolute atomic E-state index is 0.252. The highest BCUT2D eigenvalue weighted by molar-refractivity contribution is 6.26. The van der Waals surface area contributed by atoms with E-state index < -0.39 is 29.7 Å². The molecule has 1 saturated heterocycles. The van der Waals surface area contributed by atoms with E-state index in [2.05, 4.69) is 5.10 Å². The molecule has 9 heteroatoms. The van der Waals surface area contributed by atoms with Gasteiger partial charge in [0.2, 0.25) is 0 Å². The Bertz CT molecular complexity index is 839. The highest BCUT2D eigenvalue weighted by Gasteiger charge is 2.59. The van der Waals surface area contributed by atoms with E-state index in [0.717, 1.165) is 5.56 Å². The van der Waals surface area contributed by atoms with Gasteiger partial charge in [-0.1, -0.05) is 24.3 Å². The zero-order valence-corrected chi connectivity index (χ0v) is 12.1. The number of ether oxygens (including phenoxy) is 1. The largest absolute Gasteiger partial charge is 0.328 e. The Morgan fingerprint density at radius 3 is 2.58 bits per heavy atom. The van der Waals surface area contributed by atoms with Crippen LogP contribution in [0.4, 0.5) is 4.79 Å².